The van der Waals surface area contributed by atoms with Crippen LogP contribution in [-0.2, 0) is 9.59 Å². The number of likely N-dealkylation sites (tertiary alicyclic amines) is 1. The van der Waals surface area contributed by atoms with Gasteiger partial charge in [0, 0.05) is 25.8 Å². The average Bonchev–Trinajstić information content (AvgIpc) is 2.53. The maximum absolute atomic E-state index is 12.1. The molecule has 5 heteroatoms. The number of hydrogen-bond donors (Lipinski definition) is 2. The summed E-state index contributed by atoms with van der Waals surface area (Å²) in [7, 11) is 0. The molecule has 1 saturated heterocycles. The first-order chi connectivity index (χ1) is 7.65. The highest BCUT2D eigenvalue weighted by Gasteiger charge is 2.24. The van der Waals surface area contributed by atoms with E-state index in [1.165, 1.54) is 19.8 Å². The maximum atomic E-state index is 12.1. The van der Waals surface area contributed by atoms with E-state index in [0.29, 0.717) is 5.75 Å². The molecule has 2 amide bonds. The van der Waals surface area contributed by atoms with Gasteiger partial charge in [0.15, 0.2) is 0 Å². The van der Waals surface area contributed by atoms with E-state index < -0.39 is 6.04 Å². The van der Waals surface area contributed by atoms with E-state index in [1.807, 2.05) is 4.90 Å². The monoisotopic (exact) mass is 244 g/mol. The summed E-state index contributed by atoms with van der Waals surface area (Å²) in [4.78, 5) is 24.9. The van der Waals surface area contributed by atoms with Crippen LogP contribution in [0.1, 0.15) is 32.6 Å². The van der Waals surface area contributed by atoms with E-state index in [0.717, 1.165) is 25.9 Å². The Labute approximate surface area is 102 Å². The molecule has 4 nitrogen and oxygen atoms in total. The number of carbonyl (C=O) groups excluding carboxylic acids is 2. The largest absolute Gasteiger partial charge is 0.344 e. The van der Waals surface area contributed by atoms with Crippen LogP contribution in [0, 0.1) is 0 Å². The highest BCUT2D eigenvalue weighted by molar-refractivity contribution is 7.80. The molecule has 0 radical (unpaired) electrons. The van der Waals surface area contributed by atoms with Crippen molar-refractivity contribution in [3.8, 4) is 0 Å². The summed E-state index contributed by atoms with van der Waals surface area (Å²) >= 11 is 4.11. The summed E-state index contributed by atoms with van der Waals surface area (Å²) in [5, 5.41) is 2.64. The van der Waals surface area contributed by atoms with Crippen LogP contribution in [0.25, 0.3) is 0 Å². The van der Waals surface area contributed by atoms with E-state index >= 15 is 0 Å². The smallest absolute Gasteiger partial charge is 0.245 e. The lowest BCUT2D eigenvalue weighted by molar-refractivity contribution is -0.135. The molecule has 0 spiro atoms. The number of hydrogen-bond acceptors (Lipinski definition) is 3. The number of carbonyl (C=O) groups is 2. The molecule has 0 bridgehead atoms. The molecule has 1 aliphatic heterocycles. The number of thiol groups is 1. The van der Waals surface area contributed by atoms with Crippen LogP contribution < -0.4 is 5.32 Å². The summed E-state index contributed by atoms with van der Waals surface area (Å²) in [6, 6.07) is -0.473. The van der Waals surface area contributed by atoms with Crippen LogP contribution in [0.2, 0.25) is 0 Å². The molecule has 0 aromatic carbocycles. The van der Waals surface area contributed by atoms with Gasteiger partial charge in [-0.15, -0.1) is 0 Å². The van der Waals surface area contributed by atoms with E-state index in [9.17, 15) is 9.59 Å². The molecule has 1 unspecified atom stereocenters. The zero-order valence-electron chi connectivity index (χ0n) is 9.74. The van der Waals surface area contributed by atoms with Crippen LogP contribution in [-0.4, -0.2) is 41.6 Å². The molecule has 16 heavy (non-hydrogen) atoms. The molecule has 92 valence electrons. The first kappa shape index (κ1) is 13.4. The van der Waals surface area contributed by atoms with Crippen molar-refractivity contribution < 1.29 is 9.59 Å². The quantitative estimate of drug-likeness (QED) is 0.722. The third-order valence-corrected chi connectivity index (χ3v) is 3.14. The van der Waals surface area contributed by atoms with Gasteiger partial charge >= 0.3 is 0 Å². The Hall–Kier alpha value is -0.710. The van der Waals surface area contributed by atoms with Crippen molar-refractivity contribution >= 4 is 24.4 Å². The lowest BCUT2D eigenvalue weighted by Gasteiger charge is -2.25. The summed E-state index contributed by atoms with van der Waals surface area (Å²) < 4.78 is 0. The van der Waals surface area contributed by atoms with Gasteiger partial charge in [-0.1, -0.05) is 12.8 Å². The normalized spacial score (nSPS) is 18.8. The summed E-state index contributed by atoms with van der Waals surface area (Å²) in [6.07, 6.45) is 4.50. The first-order valence-corrected chi connectivity index (χ1v) is 6.45. The Balaban J connectivity index is 2.54. The van der Waals surface area contributed by atoms with Crippen molar-refractivity contribution in [3.63, 3.8) is 0 Å². The highest BCUT2D eigenvalue weighted by Crippen LogP contribution is 2.11. The molecule has 0 aromatic heterocycles. The molecule has 0 aromatic rings. The molecule has 0 saturated carbocycles. The Morgan fingerprint density at radius 3 is 2.25 bits per heavy atom. The van der Waals surface area contributed by atoms with Gasteiger partial charge in [0.25, 0.3) is 0 Å². The fraction of sp³-hybridized carbons (Fsp3) is 0.818. The SMILES string of the molecule is CC(=O)NC(CS)C(=O)N1CCCCCC1. The lowest BCUT2D eigenvalue weighted by atomic mass is 10.2. The van der Waals surface area contributed by atoms with Gasteiger partial charge in [-0.2, -0.15) is 12.6 Å². The van der Waals surface area contributed by atoms with Gasteiger partial charge in [-0.05, 0) is 12.8 Å². The van der Waals surface area contributed by atoms with Crippen molar-refractivity contribution in [2.24, 2.45) is 0 Å². The van der Waals surface area contributed by atoms with Crippen LogP contribution in [0.4, 0.5) is 0 Å². The zero-order chi connectivity index (χ0) is 12.0. The molecule has 1 N–H and O–H groups in total. The van der Waals surface area contributed by atoms with Crippen molar-refractivity contribution in [1.29, 1.82) is 0 Å². The molecule has 1 atom stereocenters. The van der Waals surface area contributed by atoms with Gasteiger partial charge in [-0.3, -0.25) is 9.59 Å². The second-order valence-electron chi connectivity index (χ2n) is 4.18. The average molecular weight is 244 g/mol. The summed E-state index contributed by atoms with van der Waals surface area (Å²) in [6.45, 7) is 3.04. The van der Waals surface area contributed by atoms with Gasteiger partial charge < -0.3 is 10.2 Å². The highest BCUT2D eigenvalue weighted by atomic mass is 32.1. The van der Waals surface area contributed by atoms with E-state index in [4.69, 9.17) is 0 Å². The minimum atomic E-state index is -0.473. The maximum Gasteiger partial charge on any atom is 0.245 e. The Morgan fingerprint density at radius 2 is 1.81 bits per heavy atom. The molecule has 0 aliphatic carbocycles. The van der Waals surface area contributed by atoms with Crippen LogP contribution >= 0.6 is 12.6 Å². The molecule has 1 rings (SSSR count). The number of rotatable bonds is 3. The molecule has 1 aliphatic rings. The van der Waals surface area contributed by atoms with E-state index in [-0.39, 0.29) is 11.8 Å². The summed E-state index contributed by atoms with van der Waals surface area (Å²) in [5.74, 6) is 0.184. The third-order valence-electron chi connectivity index (χ3n) is 2.78. The Bertz CT molecular complexity index is 250. The number of amides is 2. The zero-order valence-corrected chi connectivity index (χ0v) is 10.6. The van der Waals surface area contributed by atoms with Gasteiger partial charge in [0.1, 0.15) is 6.04 Å². The van der Waals surface area contributed by atoms with Crippen LogP contribution in [0.15, 0.2) is 0 Å². The number of nitrogens with zero attached hydrogens (tertiary/aromatic N) is 1. The Kier molecular flexibility index (Phi) is 5.66. The standard InChI is InChI=1S/C11H20N2O2S/c1-9(14)12-10(8-16)11(15)13-6-4-2-3-5-7-13/h10,16H,2-8H2,1H3,(H,12,14). The van der Waals surface area contributed by atoms with Crippen molar-refractivity contribution in [3.05, 3.63) is 0 Å². The molecular formula is C11H20N2O2S. The van der Waals surface area contributed by atoms with Gasteiger partial charge in [0.05, 0.1) is 0 Å². The number of nitrogens with one attached hydrogen (secondary N) is 1. The molecular weight excluding hydrogens is 224 g/mol. The van der Waals surface area contributed by atoms with Crippen molar-refractivity contribution in [2.45, 2.75) is 38.6 Å². The minimum Gasteiger partial charge on any atom is -0.344 e. The topological polar surface area (TPSA) is 49.4 Å². The third kappa shape index (κ3) is 4.04. The fourth-order valence-corrected chi connectivity index (χ4v) is 2.19. The van der Waals surface area contributed by atoms with E-state index in [1.54, 1.807) is 0 Å². The Morgan fingerprint density at radius 1 is 1.25 bits per heavy atom. The predicted octanol–water partition coefficient (Wildman–Crippen LogP) is 0.823. The fourth-order valence-electron chi connectivity index (χ4n) is 1.94. The second-order valence-corrected chi connectivity index (χ2v) is 4.54. The van der Waals surface area contributed by atoms with Crippen molar-refractivity contribution in [1.82, 2.24) is 10.2 Å². The van der Waals surface area contributed by atoms with E-state index in [2.05, 4.69) is 17.9 Å². The second kappa shape index (κ2) is 6.78. The first-order valence-electron chi connectivity index (χ1n) is 5.82. The minimum absolute atomic E-state index is 0.00657. The van der Waals surface area contributed by atoms with Gasteiger partial charge in [0.2, 0.25) is 11.8 Å². The summed E-state index contributed by atoms with van der Waals surface area (Å²) in [5.41, 5.74) is 0. The molecule has 1 fully saturated rings. The lowest BCUT2D eigenvalue weighted by Crippen LogP contribution is -2.49. The van der Waals surface area contributed by atoms with Crippen molar-refractivity contribution in [2.75, 3.05) is 18.8 Å². The van der Waals surface area contributed by atoms with Crippen LogP contribution in [0.5, 0.6) is 0 Å². The molecule has 1 heterocycles. The van der Waals surface area contributed by atoms with Gasteiger partial charge in [-0.25, -0.2) is 0 Å². The van der Waals surface area contributed by atoms with Crippen LogP contribution in [0.3, 0.4) is 0 Å². The predicted molar refractivity (Wildman–Crippen MR) is 66.5 cm³/mol.